The van der Waals surface area contributed by atoms with Crippen LogP contribution in [-0.2, 0) is 4.79 Å². The fourth-order valence-corrected chi connectivity index (χ4v) is 4.10. The summed E-state index contributed by atoms with van der Waals surface area (Å²) in [7, 11) is 1.71. The zero-order chi connectivity index (χ0) is 25.8. The average molecular weight is 494 g/mol. The Balaban J connectivity index is 1.38. The molecule has 1 aromatic carbocycles. The molecule has 0 bridgehead atoms. The average Bonchev–Trinajstić information content (AvgIpc) is 3.76. The van der Waals surface area contributed by atoms with Gasteiger partial charge >= 0.3 is 0 Å². The van der Waals surface area contributed by atoms with Crippen LogP contribution in [0.1, 0.15) is 40.4 Å². The van der Waals surface area contributed by atoms with Crippen LogP contribution in [0.3, 0.4) is 0 Å². The quantitative estimate of drug-likeness (QED) is 0.336. The Morgan fingerprint density at radius 2 is 1.76 bits per heavy atom. The molecule has 3 N–H and O–H groups in total. The van der Waals surface area contributed by atoms with Crippen LogP contribution in [-0.4, -0.2) is 45.6 Å². The summed E-state index contributed by atoms with van der Waals surface area (Å²) in [5.74, 6) is 0.494. The van der Waals surface area contributed by atoms with E-state index in [0.29, 0.717) is 23.1 Å². The van der Waals surface area contributed by atoms with Crippen LogP contribution < -0.4 is 16.0 Å². The molecule has 4 aromatic rings. The van der Waals surface area contributed by atoms with Gasteiger partial charge < -0.3 is 16.0 Å². The monoisotopic (exact) mass is 493 g/mol. The van der Waals surface area contributed by atoms with Crippen LogP contribution >= 0.6 is 0 Å². The molecule has 0 saturated heterocycles. The van der Waals surface area contributed by atoms with Gasteiger partial charge in [-0.3, -0.25) is 14.6 Å². The van der Waals surface area contributed by atoms with Crippen molar-refractivity contribution in [3.8, 4) is 22.4 Å². The Bertz CT molecular complexity index is 1470. The van der Waals surface area contributed by atoms with Crippen molar-refractivity contribution in [1.29, 1.82) is 0 Å². The molecule has 1 aliphatic carbocycles. The third kappa shape index (κ3) is 5.84. The Morgan fingerprint density at radius 3 is 2.57 bits per heavy atom. The lowest BCUT2D eigenvalue weighted by molar-refractivity contribution is -0.115. The normalized spacial score (nSPS) is 12.7. The number of aromatic nitrogens is 4. The third-order valence-corrected chi connectivity index (χ3v) is 6.18. The van der Waals surface area contributed by atoms with E-state index in [1.165, 1.54) is 0 Å². The van der Waals surface area contributed by atoms with Crippen molar-refractivity contribution < 1.29 is 9.59 Å². The summed E-state index contributed by atoms with van der Waals surface area (Å²) in [5, 5.41) is 16.6. The van der Waals surface area contributed by atoms with Crippen molar-refractivity contribution in [2.75, 3.05) is 24.2 Å². The maximum Gasteiger partial charge on any atom is 0.276 e. The van der Waals surface area contributed by atoms with Gasteiger partial charge in [-0.05, 0) is 97.4 Å². The number of hydrogen-bond donors (Lipinski definition) is 3. The first kappa shape index (κ1) is 24.2. The highest BCUT2D eigenvalue weighted by Crippen LogP contribution is 2.39. The molecule has 37 heavy (non-hydrogen) atoms. The fourth-order valence-electron chi connectivity index (χ4n) is 4.10. The molecule has 0 radical (unpaired) electrons. The first-order valence-electron chi connectivity index (χ1n) is 12.1. The van der Waals surface area contributed by atoms with Crippen LogP contribution in [0.2, 0.25) is 0 Å². The van der Waals surface area contributed by atoms with Crippen molar-refractivity contribution >= 4 is 23.3 Å². The smallest absolute Gasteiger partial charge is 0.276 e. The number of nitrogens with one attached hydrogen (secondary N) is 3. The van der Waals surface area contributed by atoms with Crippen molar-refractivity contribution in [3.63, 3.8) is 0 Å². The molecule has 0 atom stereocenters. The SMILES string of the molecule is CNCC(=O)Nc1cc(-c2cc(-c3cc(NC(=O)c4cc(C5CC5)cnn4)ccc3C)ccn2)ccn1. The van der Waals surface area contributed by atoms with Gasteiger partial charge in [0.1, 0.15) is 5.82 Å². The molecule has 2 amide bonds. The first-order chi connectivity index (χ1) is 18.0. The second kappa shape index (κ2) is 10.6. The summed E-state index contributed by atoms with van der Waals surface area (Å²) >= 11 is 0. The van der Waals surface area contributed by atoms with Gasteiger partial charge in [-0.25, -0.2) is 4.98 Å². The van der Waals surface area contributed by atoms with Gasteiger partial charge in [0.15, 0.2) is 5.69 Å². The van der Waals surface area contributed by atoms with Gasteiger partial charge in [0, 0.05) is 23.6 Å². The number of nitrogens with zero attached hydrogens (tertiary/aromatic N) is 4. The number of benzene rings is 1. The van der Waals surface area contributed by atoms with E-state index >= 15 is 0 Å². The van der Waals surface area contributed by atoms with Crippen LogP contribution in [0.15, 0.2) is 67.1 Å². The molecule has 9 heteroatoms. The molecule has 0 unspecified atom stereocenters. The number of amides is 2. The molecule has 3 heterocycles. The van der Waals surface area contributed by atoms with E-state index in [9.17, 15) is 9.59 Å². The molecule has 0 aliphatic heterocycles. The second-order valence-corrected chi connectivity index (χ2v) is 9.07. The maximum absolute atomic E-state index is 12.9. The van der Waals surface area contributed by atoms with Crippen LogP contribution in [0.25, 0.3) is 22.4 Å². The van der Waals surface area contributed by atoms with Crippen molar-refractivity contribution in [1.82, 2.24) is 25.5 Å². The molecule has 1 aliphatic rings. The van der Waals surface area contributed by atoms with Crippen molar-refractivity contribution in [3.05, 3.63) is 83.9 Å². The number of hydrogen-bond acceptors (Lipinski definition) is 7. The second-order valence-electron chi connectivity index (χ2n) is 9.07. The van der Waals surface area contributed by atoms with Crippen molar-refractivity contribution in [2.24, 2.45) is 0 Å². The van der Waals surface area contributed by atoms with E-state index in [0.717, 1.165) is 46.4 Å². The summed E-state index contributed by atoms with van der Waals surface area (Å²) < 4.78 is 0. The van der Waals surface area contributed by atoms with Gasteiger partial charge in [0.05, 0.1) is 18.4 Å². The summed E-state index contributed by atoms with van der Waals surface area (Å²) in [4.78, 5) is 33.5. The highest BCUT2D eigenvalue weighted by molar-refractivity contribution is 6.03. The van der Waals surface area contributed by atoms with E-state index in [4.69, 9.17) is 0 Å². The minimum Gasteiger partial charge on any atom is -0.321 e. The minimum atomic E-state index is -0.287. The lowest BCUT2D eigenvalue weighted by atomic mass is 9.99. The minimum absolute atomic E-state index is 0.173. The number of pyridine rings is 2. The van der Waals surface area contributed by atoms with Gasteiger partial charge in [-0.1, -0.05) is 6.07 Å². The lowest BCUT2D eigenvalue weighted by Crippen LogP contribution is -2.25. The largest absolute Gasteiger partial charge is 0.321 e. The standard InChI is InChI=1S/C28H27N7O2/c1-17-3-6-22(33-28(37)25-12-21(15-32-35-25)18-4-5-18)14-23(17)19-7-9-30-24(11-19)20-8-10-31-26(13-20)34-27(36)16-29-2/h3,6-15,18,29H,4-5,16H2,1-2H3,(H,33,37)(H,31,34,36). The zero-order valence-corrected chi connectivity index (χ0v) is 20.7. The van der Waals surface area contributed by atoms with Gasteiger partial charge in [0.25, 0.3) is 5.91 Å². The summed E-state index contributed by atoms with van der Waals surface area (Å²) in [6.07, 6.45) is 7.39. The molecule has 5 rings (SSSR count). The number of carbonyl (C=O) groups is 2. The highest BCUT2D eigenvalue weighted by Gasteiger charge is 2.25. The van der Waals surface area contributed by atoms with Gasteiger partial charge in [-0.15, -0.1) is 5.10 Å². The predicted molar refractivity (Wildman–Crippen MR) is 142 cm³/mol. The highest BCUT2D eigenvalue weighted by atomic mass is 16.2. The Morgan fingerprint density at radius 1 is 0.946 bits per heavy atom. The number of aryl methyl sites for hydroxylation is 1. The number of likely N-dealkylation sites (N-methyl/N-ethyl adjacent to an activating group) is 1. The zero-order valence-electron chi connectivity index (χ0n) is 20.7. The van der Waals surface area contributed by atoms with E-state index in [1.807, 2.05) is 49.4 Å². The first-order valence-corrected chi connectivity index (χ1v) is 12.1. The summed E-state index contributed by atoms with van der Waals surface area (Å²) in [6.45, 7) is 2.22. The third-order valence-electron chi connectivity index (χ3n) is 6.18. The predicted octanol–water partition coefficient (Wildman–Crippen LogP) is 4.20. The molecule has 1 saturated carbocycles. The number of carbonyl (C=O) groups excluding carboxylic acids is 2. The molecule has 9 nitrogen and oxygen atoms in total. The molecule has 0 spiro atoms. The Labute approximate surface area is 214 Å². The lowest BCUT2D eigenvalue weighted by Gasteiger charge is -2.12. The number of anilines is 2. The van der Waals surface area contributed by atoms with Crippen LogP contribution in [0.5, 0.6) is 0 Å². The van der Waals surface area contributed by atoms with E-state index in [2.05, 4.69) is 36.1 Å². The topological polar surface area (TPSA) is 122 Å². The molecular formula is C28H27N7O2. The van der Waals surface area contributed by atoms with E-state index in [-0.39, 0.29) is 18.4 Å². The maximum atomic E-state index is 12.9. The van der Waals surface area contributed by atoms with Gasteiger partial charge in [0.2, 0.25) is 5.91 Å². The summed E-state index contributed by atoms with van der Waals surface area (Å²) in [5.41, 5.74) is 6.59. The van der Waals surface area contributed by atoms with Crippen molar-refractivity contribution in [2.45, 2.75) is 25.7 Å². The fraction of sp³-hybridized carbons (Fsp3) is 0.214. The molecule has 186 valence electrons. The molecule has 3 aromatic heterocycles. The van der Waals surface area contributed by atoms with E-state index < -0.39 is 0 Å². The molecular weight excluding hydrogens is 466 g/mol. The van der Waals surface area contributed by atoms with Crippen LogP contribution in [0, 0.1) is 6.92 Å². The van der Waals surface area contributed by atoms with Crippen LogP contribution in [0.4, 0.5) is 11.5 Å². The Kier molecular flexibility index (Phi) is 6.96. The molecule has 1 fully saturated rings. The van der Waals surface area contributed by atoms with Gasteiger partial charge in [-0.2, -0.15) is 5.10 Å². The summed E-state index contributed by atoms with van der Waals surface area (Å²) in [6, 6.07) is 15.2. The number of rotatable bonds is 8. The Hall–Kier alpha value is -4.50. The van der Waals surface area contributed by atoms with E-state index in [1.54, 1.807) is 31.7 Å².